The van der Waals surface area contributed by atoms with Crippen LogP contribution in [0.2, 0.25) is 0 Å². The standard InChI is InChI=1S/C28H38F2N2O3/c1-35-21-7-8-25-22(17-21)27(24(30)19-31-25)23(29)9-11-28(18-26(33)34)12-15-32(16-13-28)14-10-20-5-3-2-4-6-20/h7-8,17,19-20,23H,2-6,9-16,18H2,1H3,(H,33,34)/t23-/m1/s1. The lowest BCUT2D eigenvalue weighted by molar-refractivity contribution is -0.141. The summed E-state index contributed by atoms with van der Waals surface area (Å²) in [5, 5.41) is 10.0. The van der Waals surface area contributed by atoms with Crippen molar-refractivity contribution in [1.82, 2.24) is 9.88 Å². The molecule has 35 heavy (non-hydrogen) atoms. The molecule has 2 aromatic rings. The Morgan fingerprint density at radius 3 is 2.69 bits per heavy atom. The Hall–Kier alpha value is -2.28. The van der Waals surface area contributed by atoms with Crippen molar-refractivity contribution < 1.29 is 23.4 Å². The molecule has 2 aliphatic rings. The Labute approximate surface area is 206 Å². The second kappa shape index (κ2) is 11.6. The molecule has 1 atom stereocenters. The van der Waals surface area contributed by atoms with E-state index in [2.05, 4.69) is 9.88 Å². The molecule has 1 aliphatic heterocycles. The molecule has 7 heteroatoms. The van der Waals surface area contributed by atoms with Gasteiger partial charge >= 0.3 is 5.97 Å². The first kappa shape index (κ1) is 25.8. The van der Waals surface area contributed by atoms with Crippen molar-refractivity contribution in [3.63, 3.8) is 0 Å². The van der Waals surface area contributed by atoms with E-state index < -0.39 is 23.4 Å². The molecule has 192 valence electrons. The van der Waals surface area contributed by atoms with Gasteiger partial charge in [0.1, 0.15) is 17.7 Å². The lowest BCUT2D eigenvalue weighted by atomic mass is 9.71. The zero-order valence-corrected chi connectivity index (χ0v) is 20.8. The van der Waals surface area contributed by atoms with Crippen LogP contribution in [0.25, 0.3) is 10.9 Å². The highest BCUT2D eigenvalue weighted by molar-refractivity contribution is 5.84. The Balaban J connectivity index is 1.40. The molecule has 1 saturated heterocycles. The summed E-state index contributed by atoms with van der Waals surface area (Å²) in [6.07, 6.45) is 9.48. The molecule has 0 bridgehead atoms. The number of alkyl halides is 1. The highest BCUT2D eigenvalue weighted by Crippen LogP contribution is 2.43. The molecule has 1 aromatic heterocycles. The average Bonchev–Trinajstić information content (AvgIpc) is 2.87. The average molecular weight is 489 g/mol. The third-order valence-electron chi connectivity index (χ3n) is 8.33. The van der Waals surface area contributed by atoms with Crippen LogP contribution in [-0.4, -0.2) is 47.7 Å². The normalized spacial score (nSPS) is 20.1. The maximum Gasteiger partial charge on any atom is 0.303 e. The molecule has 1 saturated carbocycles. The van der Waals surface area contributed by atoms with Crippen LogP contribution >= 0.6 is 0 Å². The van der Waals surface area contributed by atoms with Gasteiger partial charge in [0.25, 0.3) is 0 Å². The minimum Gasteiger partial charge on any atom is -0.497 e. The number of aliphatic carboxylic acids is 1. The number of hydrogen-bond acceptors (Lipinski definition) is 4. The van der Waals surface area contributed by atoms with Crippen LogP contribution in [0.3, 0.4) is 0 Å². The van der Waals surface area contributed by atoms with Gasteiger partial charge in [-0.3, -0.25) is 9.78 Å². The third kappa shape index (κ3) is 6.49. The maximum absolute atomic E-state index is 15.6. The van der Waals surface area contributed by atoms with Gasteiger partial charge in [-0.2, -0.15) is 0 Å². The minimum atomic E-state index is -1.54. The summed E-state index contributed by atoms with van der Waals surface area (Å²) in [5.41, 5.74) is 0.0507. The molecule has 4 rings (SSSR count). The number of pyridine rings is 1. The van der Waals surface area contributed by atoms with Crippen molar-refractivity contribution in [3.8, 4) is 5.75 Å². The largest absolute Gasteiger partial charge is 0.497 e. The van der Waals surface area contributed by atoms with E-state index in [0.717, 1.165) is 44.6 Å². The zero-order chi connectivity index (χ0) is 24.8. The molecular formula is C28H38F2N2O3. The van der Waals surface area contributed by atoms with Crippen LogP contribution in [0, 0.1) is 17.2 Å². The number of benzene rings is 1. The quantitative estimate of drug-likeness (QED) is 0.403. The number of fused-ring (bicyclic) bond motifs is 1. The molecule has 1 aromatic carbocycles. The number of halogens is 2. The van der Waals surface area contributed by atoms with Crippen molar-refractivity contribution >= 4 is 16.9 Å². The van der Waals surface area contributed by atoms with Crippen LogP contribution in [-0.2, 0) is 4.79 Å². The van der Waals surface area contributed by atoms with Gasteiger partial charge < -0.3 is 14.7 Å². The summed E-state index contributed by atoms with van der Waals surface area (Å²) in [5.74, 6) is -0.184. The number of hydrogen-bond donors (Lipinski definition) is 1. The molecule has 1 N–H and O–H groups in total. The summed E-state index contributed by atoms with van der Waals surface area (Å²) in [6.45, 7) is 2.76. The van der Waals surface area contributed by atoms with Crippen LogP contribution in [0.1, 0.15) is 82.4 Å². The van der Waals surface area contributed by atoms with Gasteiger partial charge in [-0.25, -0.2) is 8.78 Å². The molecule has 0 spiro atoms. The topological polar surface area (TPSA) is 62.7 Å². The Morgan fingerprint density at radius 1 is 1.26 bits per heavy atom. The first-order valence-electron chi connectivity index (χ1n) is 13.1. The van der Waals surface area contributed by atoms with Gasteiger partial charge in [0.05, 0.1) is 25.2 Å². The summed E-state index contributed by atoms with van der Waals surface area (Å²) in [6, 6.07) is 5.03. The number of rotatable bonds is 10. The van der Waals surface area contributed by atoms with Gasteiger partial charge in [-0.05, 0) is 81.3 Å². The number of nitrogens with zero attached hydrogens (tertiary/aromatic N) is 2. The third-order valence-corrected chi connectivity index (χ3v) is 8.33. The summed E-state index contributed by atoms with van der Waals surface area (Å²) in [4.78, 5) is 18.2. The van der Waals surface area contributed by atoms with E-state index >= 15 is 4.39 Å². The number of carboxylic acids is 1. The Kier molecular flexibility index (Phi) is 8.58. The van der Waals surface area contributed by atoms with E-state index in [1.807, 2.05) is 0 Å². The summed E-state index contributed by atoms with van der Waals surface area (Å²) < 4.78 is 35.5. The van der Waals surface area contributed by atoms with Crippen LogP contribution in [0.15, 0.2) is 24.4 Å². The van der Waals surface area contributed by atoms with E-state index in [-0.39, 0.29) is 18.4 Å². The highest BCUT2D eigenvalue weighted by Gasteiger charge is 2.37. The SMILES string of the molecule is COc1ccc2ncc(F)c([C@H](F)CCC3(CC(=O)O)CCN(CCC4CCCCC4)CC3)c2c1. The van der Waals surface area contributed by atoms with E-state index in [4.69, 9.17) is 4.74 Å². The highest BCUT2D eigenvalue weighted by atomic mass is 19.1. The first-order valence-corrected chi connectivity index (χ1v) is 13.1. The number of carbonyl (C=O) groups is 1. The molecule has 2 fully saturated rings. The van der Waals surface area contributed by atoms with Crippen molar-refractivity contribution in [2.45, 2.75) is 76.8 Å². The number of ether oxygens (including phenoxy) is 1. The minimum absolute atomic E-state index is 0.00991. The van der Waals surface area contributed by atoms with Crippen molar-refractivity contribution in [1.29, 1.82) is 0 Å². The summed E-state index contributed by atoms with van der Waals surface area (Å²) >= 11 is 0. The summed E-state index contributed by atoms with van der Waals surface area (Å²) in [7, 11) is 1.51. The number of likely N-dealkylation sites (tertiary alicyclic amines) is 1. The lowest BCUT2D eigenvalue weighted by Gasteiger charge is -2.42. The van der Waals surface area contributed by atoms with Crippen LogP contribution in [0.4, 0.5) is 8.78 Å². The van der Waals surface area contributed by atoms with Gasteiger partial charge in [0.15, 0.2) is 0 Å². The molecule has 1 aliphatic carbocycles. The molecule has 0 unspecified atom stereocenters. The molecular weight excluding hydrogens is 450 g/mol. The van der Waals surface area contributed by atoms with Gasteiger partial charge in [0, 0.05) is 10.9 Å². The fourth-order valence-electron chi connectivity index (χ4n) is 6.12. The first-order chi connectivity index (χ1) is 16.9. The predicted octanol–water partition coefficient (Wildman–Crippen LogP) is 6.70. The number of aromatic nitrogens is 1. The van der Waals surface area contributed by atoms with E-state index in [9.17, 15) is 14.3 Å². The molecule has 0 amide bonds. The zero-order valence-electron chi connectivity index (χ0n) is 20.8. The number of piperidine rings is 1. The van der Waals surface area contributed by atoms with E-state index in [1.165, 1.54) is 45.6 Å². The molecule has 5 nitrogen and oxygen atoms in total. The number of carboxylic acid groups (broad SMARTS) is 1. The van der Waals surface area contributed by atoms with Crippen molar-refractivity contribution in [2.24, 2.45) is 11.3 Å². The smallest absolute Gasteiger partial charge is 0.303 e. The fraction of sp³-hybridized carbons (Fsp3) is 0.643. The van der Waals surface area contributed by atoms with Crippen LogP contribution in [0.5, 0.6) is 5.75 Å². The maximum atomic E-state index is 15.6. The second-order valence-corrected chi connectivity index (χ2v) is 10.6. The van der Waals surface area contributed by atoms with E-state index in [1.54, 1.807) is 18.2 Å². The van der Waals surface area contributed by atoms with E-state index in [0.29, 0.717) is 23.1 Å². The van der Waals surface area contributed by atoms with Crippen LogP contribution < -0.4 is 4.74 Å². The predicted molar refractivity (Wildman–Crippen MR) is 133 cm³/mol. The molecule has 0 radical (unpaired) electrons. The van der Waals surface area contributed by atoms with Gasteiger partial charge in [-0.1, -0.05) is 32.1 Å². The monoisotopic (exact) mass is 488 g/mol. The van der Waals surface area contributed by atoms with Gasteiger partial charge in [0.2, 0.25) is 0 Å². The second-order valence-electron chi connectivity index (χ2n) is 10.6. The Bertz CT molecular complexity index is 1000. The molecule has 2 heterocycles. The van der Waals surface area contributed by atoms with Gasteiger partial charge in [-0.15, -0.1) is 0 Å². The fourth-order valence-corrected chi connectivity index (χ4v) is 6.12. The lowest BCUT2D eigenvalue weighted by Crippen LogP contribution is -2.42. The van der Waals surface area contributed by atoms with Crippen molar-refractivity contribution in [2.75, 3.05) is 26.7 Å². The van der Waals surface area contributed by atoms with Crippen molar-refractivity contribution in [3.05, 3.63) is 35.8 Å². The number of methoxy groups -OCH3 is 1. The Morgan fingerprint density at radius 2 is 2.00 bits per heavy atom.